The molecule has 1 saturated heterocycles. The molecule has 2 aromatic rings. The van der Waals surface area contributed by atoms with Gasteiger partial charge in [0, 0.05) is 64.6 Å². The molecule has 0 aliphatic carbocycles. The van der Waals surface area contributed by atoms with Crippen molar-refractivity contribution in [3.63, 3.8) is 0 Å². The monoisotopic (exact) mass is 449 g/mol. The van der Waals surface area contributed by atoms with E-state index in [2.05, 4.69) is 53.0 Å². The molecule has 7 heteroatoms. The topological polar surface area (TPSA) is 69.6 Å². The molecule has 1 fully saturated rings. The van der Waals surface area contributed by atoms with Crippen molar-refractivity contribution in [2.75, 3.05) is 45.8 Å². The number of hydrogen-bond acceptors (Lipinski definition) is 5. The number of piperazine rings is 1. The molecular formula is C26H35N5O2. The van der Waals surface area contributed by atoms with Crippen molar-refractivity contribution in [1.82, 2.24) is 24.7 Å². The van der Waals surface area contributed by atoms with Crippen LogP contribution in [0, 0.1) is 5.92 Å². The molecule has 0 radical (unpaired) electrons. The second-order valence-electron chi connectivity index (χ2n) is 8.81. The summed E-state index contributed by atoms with van der Waals surface area (Å²) in [6.07, 6.45) is 10.1. The molecule has 0 bridgehead atoms. The summed E-state index contributed by atoms with van der Waals surface area (Å²) in [7, 11) is 0. The minimum absolute atomic E-state index is 0.107. The second-order valence-corrected chi connectivity index (χ2v) is 8.81. The molecule has 2 amide bonds. The molecule has 1 aliphatic heterocycles. The van der Waals surface area contributed by atoms with Gasteiger partial charge in [0.15, 0.2) is 0 Å². The summed E-state index contributed by atoms with van der Waals surface area (Å²) < 4.78 is 0. The maximum absolute atomic E-state index is 12.9. The minimum atomic E-state index is -0.161. The Morgan fingerprint density at radius 3 is 2.48 bits per heavy atom. The van der Waals surface area contributed by atoms with Crippen molar-refractivity contribution in [2.45, 2.75) is 26.7 Å². The van der Waals surface area contributed by atoms with Crippen LogP contribution in [0.2, 0.25) is 0 Å². The molecule has 2 heterocycles. The number of carbonyl (C=O) groups excluding carboxylic acids is 2. The van der Waals surface area contributed by atoms with E-state index in [1.54, 1.807) is 11.1 Å². The first kappa shape index (κ1) is 24.6. The van der Waals surface area contributed by atoms with Crippen LogP contribution in [0.25, 0.3) is 6.08 Å². The van der Waals surface area contributed by atoms with E-state index in [4.69, 9.17) is 0 Å². The van der Waals surface area contributed by atoms with Gasteiger partial charge in [-0.3, -0.25) is 19.5 Å². The minimum Gasteiger partial charge on any atom is -0.340 e. The quantitative estimate of drug-likeness (QED) is 0.557. The van der Waals surface area contributed by atoms with Crippen LogP contribution in [0.5, 0.6) is 0 Å². The smallest absolute Gasteiger partial charge is 0.274 e. The van der Waals surface area contributed by atoms with E-state index in [-0.39, 0.29) is 11.8 Å². The van der Waals surface area contributed by atoms with E-state index in [0.717, 1.165) is 39.1 Å². The highest BCUT2D eigenvalue weighted by molar-refractivity contribution is 5.92. The third-order valence-electron chi connectivity index (χ3n) is 5.84. The van der Waals surface area contributed by atoms with Gasteiger partial charge in [0.05, 0.1) is 6.20 Å². The highest BCUT2D eigenvalue weighted by Gasteiger charge is 2.23. The SMILES string of the molecule is CC(C)CCN(CCC(=O)N1CCN(C/C=C/c2ccccc2)CC1)C(=O)c1cnccn1. The zero-order chi connectivity index (χ0) is 23.5. The summed E-state index contributed by atoms with van der Waals surface area (Å²) >= 11 is 0. The molecule has 1 aromatic heterocycles. The fourth-order valence-corrected chi connectivity index (χ4v) is 3.77. The molecule has 33 heavy (non-hydrogen) atoms. The van der Waals surface area contributed by atoms with E-state index in [1.807, 2.05) is 23.1 Å². The molecule has 0 atom stereocenters. The number of carbonyl (C=O) groups is 2. The van der Waals surface area contributed by atoms with Gasteiger partial charge in [-0.25, -0.2) is 4.98 Å². The standard InChI is InChI=1S/C26H35N5O2/c1-22(2)10-15-31(26(33)24-21-27-12-13-28-24)16-11-25(32)30-19-17-29(18-20-30)14-6-9-23-7-4-3-5-8-23/h3-9,12-13,21-22H,10-11,14-20H2,1-2H3/b9-6+. The molecule has 3 rings (SSSR count). The second kappa shape index (κ2) is 12.8. The summed E-state index contributed by atoms with van der Waals surface area (Å²) in [4.78, 5) is 39.9. The Balaban J connectivity index is 1.45. The van der Waals surface area contributed by atoms with Crippen LogP contribution in [-0.2, 0) is 4.79 Å². The van der Waals surface area contributed by atoms with E-state index < -0.39 is 0 Å². The van der Waals surface area contributed by atoms with Crippen molar-refractivity contribution in [2.24, 2.45) is 5.92 Å². The molecule has 1 aliphatic rings. The van der Waals surface area contributed by atoms with Crippen LogP contribution in [-0.4, -0.2) is 82.3 Å². The van der Waals surface area contributed by atoms with Crippen molar-refractivity contribution in [1.29, 1.82) is 0 Å². The summed E-state index contributed by atoms with van der Waals surface area (Å²) in [5.74, 6) is 0.421. The van der Waals surface area contributed by atoms with Gasteiger partial charge in [0.1, 0.15) is 5.69 Å². The van der Waals surface area contributed by atoms with Gasteiger partial charge in [-0.2, -0.15) is 0 Å². The lowest BCUT2D eigenvalue weighted by Crippen LogP contribution is -2.49. The van der Waals surface area contributed by atoms with Crippen molar-refractivity contribution in [3.8, 4) is 0 Å². The van der Waals surface area contributed by atoms with Crippen molar-refractivity contribution in [3.05, 3.63) is 66.3 Å². The summed E-state index contributed by atoms with van der Waals surface area (Å²) in [5.41, 5.74) is 1.52. The summed E-state index contributed by atoms with van der Waals surface area (Å²) in [6, 6.07) is 10.3. The fourth-order valence-electron chi connectivity index (χ4n) is 3.77. The van der Waals surface area contributed by atoms with Gasteiger partial charge in [-0.05, 0) is 17.9 Å². The number of rotatable bonds is 10. The van der Waals surface area contributed by atoms with Crippen LogP contribution in [0.1, 0.15) is 42.7 Å². The zero-order valence-electron chi connectivity index (χ0n) is 19.8. The molecule has 7 nitrogen and oxygen atoms in total. The first-order valence-electron chi connectivity index (χ1n) is 11.8. The number of benzene rings is 1. The Morgan fingerprint density at radius 1 is 1.06 bits per heavy atom. The lowest BCUT2D eigenvalue weighted by molar-refractivity contribution is -0.133. The van der Waals surface area contributed by atoms with Crippen LogP contribution < -0.4 is 0 Å². The van der Waals surface area contributed by atoms with E-state index in [0.29, 0.717) is 31.1 Å². The van der Waals surface area contributed by atoms with Crippen LogP contribution in [0.3, 0.4) is 0 Å². The third-order valence-corrected chi connectivity index (χ3v) is 5.84. The average molecular weight is 450 g/mol. The van der Waals surface area contributed by atoms with Crippen molar-refractivity contribution >= 4 is 17.9 Å². The van der Waals surface area contributed by atoms with Crippen LogP contribution in [0.15, 0.2) is 55.0 Å². The Labute approximate surface area is 197 Å². The summed E-state index contributed by atoms with van der Waals surface area (Å²) in [5, 5.41) is 0. The molecule has 0 unspecified atom stereocenters. The number of nitrogens with zero attached hydrogens (tertiary/aromatic N) is 5. The maximum Gasteiger partial charge on any atom is 0.274 e. The fraction of sp³-hybridized carbons (Fsp3) is 0.462. The number of hydrogen-bond donors (Lipinski definition) is 0. The number of amides is 2. The Kier molecular flexibility index (Phi) is 9.57. The van der Waals surface area contributed by atoms with Crippen LogP contribution >= 0.6 is 0 Å². The first-order chi connectivity index (χ1) is 16.0. The molecular weight excluding hydrogens is 414 g/mol. The highest BCUT2D eigenvalue weighted by Crippen LogP contribution is 2.10. The lowest BCUT2D eigenvalue weighted by atomic mass is 10.1. The normalized spacial score (nSPS) is 14.7. The third kappa shape index (κ3) is 8.09. The maximum atomic E-state index is 12.9. The molecule has 1 aromatic carbocycles. The Morgan fingerprint density at radius 2 is 1.82 bits per heavy atom. The summed E-state index contributed by atoms with van der Waals surface area (Å²) in [6.45, 7) is 9.33. The van der Waals surface area contributed by atoms with E-state index in [9.17, 15) is 9.59 Å². The predicted molar refractivity (Wildman–Crippen MR) is 131 cm³/mol. The van der Waals surface area contributed by atoms with E-state index >= 15 is 0 Å². The van der Waals surface area contributed by atoms with Gasteiger partial charge in [0.25, 0.3) is 5.91 Å². The zero-order valence-corrected chi connectivity index (χ0v) is 19.8. The number of aromatic nitrogens is 2. The van der Waals surface area contributed by atoms with Crippen LogP contribution in [0.4, 0.5) is 0 Å². The predicted octanol–water partition coefficient (Wildman–Crippen LogP) is 3.21. The molecule has 0 saturated carbocycles. The van der Waals surface area contributed by atoms with Gasteiger partial charge >= 0.3 is 0 Å². The lowest BCUT2D eigenvalue weighted by Gasteiger charge is -2.34. The van der Waals surface area contributed by atoms with Crippen molar-refractivity contribution < 1.29 is 9.59 Å². The Hall–Kier alpha value is -3.06. The molecule has 0 N–H and O–H groups in total. The van der Waals surface area contributed by atoms with E-state index in [1.165, 1.54) is 18.0 Å². The highest BCUT2D eigenvalue weighted by atomic mass is 16.2. The van der Waals surface area contributed by atoms with Gasteiger partial charge in [-0.1, -0.05) is 56.3 Å². The van der Waals surface area contributed by atoms with Gasteiger partial charge in [-0.15, -0.1) is 0 Å². The molecule has 176 valence electrons. The van der Waals surface area contributed by atoms with Gasteiger partial charge in [0.2, 0.25) is 5.91 Å². The molecule has 0 spiro atoms. The van der Waals surface area contributed by atoms with Gasteiger partial charge < -0.3 is 9.80 Å². The average Bonchev–Trinajstić information content (AvgIpc) is 2.85. The largest absolute Gasteiger partial charge is 0.340 e. The first-order valence-corrected chi connectivity index (χ1v) is 11.8. The Bertz CT molecular complexity index is 893.